The van der Waals surface area contributed by atoms with Crippen LogP contribution in [0.4, 0.5) is 5.69 Å². The number of nitrogens with one attached hydrogen (secondary N) is 2. The number of fused-ring (bicyclic) bond motifs is 1. The van der Waals surface area contributed by atoms with Gasteiger partial charge in [-0.2, -0.15) is 5.10 Å². The molecule has 78 valence electrons. The van der Waals surface area contributed by atoms with Crippen LogP contribution in [-0.2, 0) is 6.42 Å². The van der Waals surface area contributed by atoms with Crippen LogP contribution in [0.5, 0.6) is 0 Å². The summed E-state index contributed by atoms with van der Waals surface area (Å²) in [6, 6.07) is 6.17. The Morgan fingerprint density at radius 3 is 3.27 bits per heavy atom. The van der Waals surface area contributed by atoms with Crippen molar-refractivity contribution in [3.8, 4) is 0 Å². The Bertz CT molecular complexity index is 414. The van der Waals surface area contributed by atoms with Crippen molar-refractivity contribution in [3.63, 3.8) is 0 Å². The summed E-state index contributed by atoms with van der Waals surface area (Å²) in [7, 11) is 0. The lowest BCUT2D eigenvalue weighted by atomic mass is 10.1. The number of hydrogen-bond donors (Lipinski definition) is 3. The van der Waals surface area contributed by atoms with E-state index >= 15 is 0 Å². The molecule has 5 heteroatoms. The van der Waals surface area contributed by atoms with Crippen LogP contribution in [-0.4, -0.2) is 17.9 Å². The topological polar surface area (TPSA) is 62.4 Å². The molecule has 0 radical (unpaired) electrons. The lowest BCUT2D eigenvalue weighted by molar-refractivity contribution is 1.04. The van der Waals surface area contributed by atoms with Crippen molar-refractivity contribution in [3.05, 3.63) is 29.3 Å². The highest BCUT2D eigenvalue weighted by Crippen LogP contribution is 2.22. The summed E-state index contributed by atoms with van der Waals surface area (Å²) in [5.41, 5.74) is 11.4. The Morgan fingerprint density at radius 1 is 1.60 bits per heavy atom. The molecule has 0 bridgehead atoms. The van der Waals surface area contributed by atoms with E-state index in [0.29, 0.717) is 0 Å². The van der Waals surface area contributed by atoms with Crippen LogP contribution in [0.15, 0.2) is 23.3 Å². The second kappa shape index (κ2) is 4.27. The van der Waals surface area contributed by atoms with Gasteiger partial charge in [-0.25, -0.2) is 0 Å². The lowest BCUT2D eigenvalue weighted by Gasteiger charge is -2.00. The first-order valence-electron chi connectivity index (χ1n) is 4.71. The molecular formula is C10H12N4S. The van der Waals surface area contributed by atoms with Crippen LogP contribution < -0.4 is 16.5 Å². The number of nitrogens with zero attached hydrogens (tertiary/aromatic N) is 1. The smallest absolute Gasteiger partial charge is 0.184 e. The van der Waals surface area contributed by atoms with Crippen molar-refractivity contribution in [2.24, 2.45) is 10.8 Å². The number of hydrogen-bond acceptors (Lipinski definition) is 3. The van der Waals surface area contributed by atoms with E-state index in [4.69, 9.17) is 5.73 Å². The minimum atomic E-state index is 0.175. The van der Waals surface area contributed by atoms with Crippen molar-refractivity contribution in [2.45, 2.75) is 6.42 Å². The monoisotopic (exact) mass is 220 g/mol. The van der Waals surface area contributed by atoms with Crippen LogP contribution in [0.1, 0.15) is 11.1 Å². The van der Waals surface area contributed by atoms with Crippen LogP contribution >= 0.6 is 12.2 Å². The molecule has 0 unspecified atom stereocenters. The predicted molar refractivity (Wildman–Crippen MR) is 66.2 cm³/mol. The number of rotatable bonds is 2. The van der Waals surface area contributed by atoms with Gasteiger partial charge < -0.3 is 11.1 Å². The van der Waals surface area contributed by atoms with Crippen molar-refractivity contribution in [1.82, 2.24) is 5.43 Å². The molecule has 1 aliphatic heterocycles. The summed E-state index contributed by atoms with van der Waals surface area (Å²) in [6.45, 7) is 1.01. The summed E-state index contributed by atoms with van der Waals surface area (Å²) in [6.07, 6.45) is 2.78. The van der Waals surface area contributed by atoms with Crippen LogP contribution in [0, 0.1) is 0 Å². The van der Waals surface area contributed by atoms with Gasteiger partial charge in [0.1, 0.15) is 0 Å². The van der Waals surface area contributed by atoms with Gasteiger partial charge in [-0.05, 0) is 41.9 Å². The molecule has 15 heavy (non-hydrogen) atoms. The Kier molecular flexibility index (Phi) is 2.82. The second-order valence-corrected chi connectivity index (χ2v) is 3.77. The first-order chi connectivity index (χ1) is 7.25. The number of hydrazone groups is 1. The normalized spacial score (nSPS) is 13.6. The van der Waals surface area contributed by atoms with Gasteiger partial charge in [0.15, 0.2) is 5.11 Å². The van der Waals surface area contributed by atoms with Gasteiger partial charge in [0, 0.05) is 12.2 Å². The average Bonchev–Trinajstić information content (AvgIpc) is 2.64. The number of anilines is 1. The van der Waals surface area contributed by atoms with Gasteiger partial charge in [-0.15, -0.1) is 0 Å². The number of nitrogens with two attached hydrogens (primary N) is 1. The highest BCUT2D eigenvalue weighted by Gasteiger charge is 2.08. The summed E-state index contributed by atoms with van der Waals surface area (Å²) in [5.74, 6) is 0. The maximum atomic E-state index is 5.24. The molecule has 4 N–H and O–H groups in total. The van der Waals surface area contributed by atoms with Crippen molar-refractivity contribution in [1.29, 1.82) is 0 Å². The molecular weight excluding hydrogens is 208 g/mol. The maximum absolute atomic E-state index is 5.24. The Morgan fingerprint density at radius 2 is 2.47 bits per heavy atom. The van der Waals surface area contributed by atoms with E-state index in [1.165, 1.54) is 11.3 Å². The molecule has 0 aromatic heterocycles. The quantitative estimate of drug-likeness (QED) is 0.392. The van der Waals surface area contributed by atoms with E-state index in [2.05, 4.69) is 40.2 Å². The highest BCUT2D eigenvalue weighted by molar-refractivity contribution is 7.80. The summed E-state index contributed by atoms with van der Waals surface area (Å²) >= 11 is 4.63. The zero-order valence-corrected chi connectivity index (χ0v) is 8.97. The van der Waals surface area contributed by atoms with Gasteiger partial charge in [-0.1, -0.05) is 6.07 Å². The maximum Gasteiger partial charge on any atom is 0.184 e. The Labute approximate surface area is 93.5 Å². The van der Waals surface area contributed by atoms with E-state index in [1.54, 1.807) is 6.21 Å². The lowest BCUT2D eigenvalue weighted by Crippen LogP contribution is -2.23. The largest absolute Gasteiger partial charge is 0.384 e. The first-order valence-corrected chi connectivity index (χ1v) is 5.12. The van der Waals surface area contributed by atoms with Gasteiger partial charge in [0.25, 0.3) is 0 Å². The molecule has 2 rings (SSSR count). The third kappa shape index (κ3) is 2.44. The van der Waals surface area contributed by atoms with Crippen molar-refractivity contribution < 1.29 is 0 Å². The molecule has 0 fully saturated rings. The van der Waals surface area contributed by atoms with E-state index in [1.807, 2.05) is 6.07 Å². The fourth-order valence-electron chi connectivity index (χ4n) is 1.58. The molecule has 0 saturated heterocycles. The van der Waals surface area contributed by atoms with E-state index in [9.17, 15) is 0 Å². The molecule has 0 saturated carbocycles. The van der Waals surface area contributed by atoms with Crippen molar-refractivity contribution >= 4 is 29.2 Å². The molecule has 1 aliphatic rings. The zero-order valence-electron chi connectivity index (χ0n) is 8.16. The number of thiocarbonyl (C=S) groups is 1. The molecule has 1 heterocycles. The second-order valence-electron chi connectivity index (χ2n) is 3.33. The van der Waals surface area contributed by atoms with Gasteiger partial charge in [0.05, 0.1) is 6.21 Å². The SMILES string of the molecule is NC(=S)NN=Cc1ccc2c(c1)CCN2. The fourth-order valence-corrected chi connectivity index (χ4v) is 1.63. The summed E-state index contributed by atoms with van der Waals surface area (Å²) in [5, 5.41) is 7.38. The number of benzene rings is 1. The van der Waals surface area contributed by atoms with E-state index in [0.717, 1.165) is 18.5 Å². The van der Waals surface area contributed by atoms with Crippen LogP contribution in [0.25, 0.3) is 0 Å². The van der Waals surface area contributed by atoms with Crippen LogP contribution in [0.2, 0.25) is 0 Å². The minimum absolute atomic E-state index is 0.175. The van der Waals surface area contributed by atoms with Gasteiger partial charge >= 0.3 is 0 Å². The summed E-state index contributed by atoms with van der Waals surface area (Å²) in [4.78, 5) is 0. The zero-order chi connectivity index (χ0) is 10.7. The van der Waals surface area contributed by atoms with Crippen molar-refractivity contribution in [2.75, 3.05) is 11.9 Å². The fraction of sp³-hybridized carbons (Fsp3) is 0.200. The standard InChI is InChI=1S/C10H12N4S/c11-10(15)14-13-6-7-1-2-9-8(5-7)3-4-12-9/h1-2,5-6,12H,3-4H2,(H3,11,14,15). The Balaban J connectivity index is 2.10. The predicted octanol–water partition coefficient (Wildman–Crippen LogP) is 0.822. The van der Waals surface area contributed by atoms with Crippen LogP contribution in [0.3, 0.4) is 0 Å². The molecule has 0 aliphatic carbocycles. The minimum Gasteiger partial charge on any atom is -0.384 e. The van der Waals surface area contributed by atoms with E-state index in [-0.39, 0.29) is 5.11 Å². The first kappa shape index (κ1) is 9.92. The highest BCUT2D eigenvalue weighted by atomic mass is 32.1. The third-order valence-corrected chi connectivity index (χ3v) is 2.32. The Hall–Kier alpha value is -1.62. The summed E-state index contributed by atoms with van der Waals surface area (Å²) < 4.78 is 0. The van der Waals surface area contributed by atoms with Gasteiger partial charge in [0.2, 0.25) is 0 Å². The van der Waals surface area contributed by atoms with Gasteiger partial charge in [-0.3, -0.25) is 5.43 Å². The van der Waals surface area contributed by atoms with E-state index < -0.39 is 0 Å². The molecule has 4 nitrogen and oxygen atoms in total. The molecule has 0 amide bonds. The molecule has 0 spiro atoms. The molecule has 1 aromatic carbocycles. The third-order valence-electron chi connectivity index (χ3n) is 2.23. The molecule has 1 aromatic rings. The average molecular weight is 220 g/mol. The molecule has 0 atom stereocenters.